The molecule has 0 unspecified atom stereocenters. The summed E-state index contributed by atoms with van der Waals surface area (Å²) in [6.45, 7) is 10.2. The third-order valence-electron chi connectivity index (χ3n) is 3.51. The molecule has 2 rings (SSSR count). The monoisotopic (exact) mass is 347 g/mol. The Balaban J connectivity index is 2.25. The topological polar surface area (TPSA) is 65.1 Å². The van der Waals surface area contributed by atoms with E-state index in [1.54, 1.807) is 17.9 Å². The summed E-state index contributed by atoms with van der Waals surface area (Å²) >= 11 is 0. The molecule has 0 N–H and O–H groups in total. The number of allylic oxidation sites excluding steroid dienone is 1. The largest absolute Gasteiger partial charge is 0.490 e. The first-order valence-electron chi connectivity index (χ1n) is 8.34. The summed E-state index contributed by atoms with van der Waals surface area (Å²) in [5.74, 6) is 0.209. The van der Waals surface area contributed by atoms with E-state index in [1.165, 1.54) is 6.08 Å². The lowest BCUT2D eigenvalue weighted by Crippen LogP contribution is -2.41. The van der Waals surface area contributed by atoms with Crippen LogP contribution in [0.3, 0.4) is 0 Å². The van der Waals surface area contributed by atoms with Crippen LogP contribution in [-0.2, 0) is 14.3 Å². The molecule has 0 aliphatic carbocycles. The predicted octanol–water partition coefficient (Wildman–Crippen LogP) is 3.79. The zero-order valence-corrected chi connectivity index (χ0v) is 15.4. The smallest absolute Gasteiger partial charge is 0.415 e. The summed E-state index contributed by atoms with van der Waals surface area (Å²) in [5.41, 5.74) is 1.69. The first-order valence-corrected chi connectivity index (χ1v) is 8.34. The van der Waals surface area contributed by atoms with Gasteiger partial charge in [0, 0.05) is 6.08 Å². The molecule has 1 aromatic rings. The number of hydrogen-bond acceptors (Lipinski definition) is 5. The summed E-state index contributed by atoms with van der Waals surface area (Å²) in [6.07, 6.45) is 1.04. The average Bonchev–Trinajstić information content (AvgIpc) is 2.52. The van der Waals surface area contributed by atoms with E-state index in [9.17, 15) is 9.59 Å². The zero-order valence-electron chi connectivity index (χ0n) is 15.4. The fourth-order valence-electron chi connectivity index (χ4n) is 2.42. The first kappa shape index (κ1) is 18.8. The molecule has 1 amide bonds. The number of anilines is 1. The van der Waals surface area contributed by atoms with E-state index < -0.39 is 11.7 Å². The van der Waals surface area contributed by atoms with Crippen molar-refractivity contribution in [2.45, 2.75) is 40.2 Å². The van der Waals surface area contributed by atoms with Crippen molar-refractivity contribution < 1.29 is 23.8 Å². The number of rotatable bonds is 3. The van der Waals surface area contributed by atoms with Gasteiger partial charge >= 0.3 is 12.1 Å². The molecule has 0 fully saturated rings. The highest BCUT2D eigenvalue weighted by molar-refractivity contribution is 5.93. The molecule has 0 saturated carbocycles. The molecular weight excluding hydrogens is 322 g/mol. The number of carbonyl (C=O) groups is 2. The van der Waals surface area contributed by atoms with Gasteiger partial charge in [0.15, 0.2) is 0 Å². The number of carbonyl (C=O) groups excluding carboxylic acids is 2. The van der Waals surface area contributed by atoms with Crippen LogP contribution < -0.4 is 9.64 Å². The van der Waals surface area contributed by atoms with Crippen LogP contribution in [0.25, 0.3) is 5.57 Å². The van der Waals surface area contributed by atoms with E-state index in [0.717, 1.165) is 11.1 Å². The predicted molar refractivity (Wildman–Crippen MR) is 95.8 cm³/mol. The van der Waals surface area contributed by atoms with Gasteiger partial charge in [-0.1, -0.05) is 6.07 Å². The van der Waals surface area contributed by atoms with Gasteiger partial charge in [0.2, 0.25) is 0 Å². The highest BCUT2D eigenvalue weighted by Crippen LogP contribution is 2.35. The number of nitrogens with zero attached hydrogens (tertiary/aromatic N) is 1. The fraction of sp³-hybridized carbons (Fsp3) is 0.474. The number of esters is 1. The first-order chi connectivity index (χ1) is 11.7. The number of benzene rings is 1. The molecule has 1 aliphatic heterocycles. The Bertz CT molecular complexity index is 688. The molecule has 6 heteroatoms. The van der Waals surface area contributed by atoms with Gasteiger partial charge in [-0.25, -0.2) is 9.59 Å². The van der Waals surface area contributed by atoms with E-state index in [4.69, 9.17) is 14.2 Å². The lowest BCUT2D eigenvalue weighted by atomic mass is 10.1. The maximum Gasteiger partial charge on any atom is 0.415 e. The quantitative estimate of drug-likeness (QED) is 0.615. The Labute approximate surface area is 148 Å². The number of hydrogen-bond donors (Lipinski definition) is 0. The van der Waals surface area contributed by atoms with Crippen molar-refractivity contribution in [3.8, 4) is 5.75 Å². The minimum atomic E-state index is -0.561. The highest BCUT2D eigenvalue weighted by Gasteiger charge is 2.28. The van der Waals surface area contributed by atoms with Crippen molar-refractivity contribution in [2.24, 2.45) is 0 Å². The molecule has 25 heavy (non-hydrogen) atoms. The Hall–Kier alpha value is -2.50. The molecule has 0 saturated heterocycles. The van der Waals surface area contributed by atoms with Gasteiger partial charge in [0.05, 0.1) is 18.8 Å². The van der Waals surface area contributed by atoms with E-state index in [2.05, 4.69) is 0 Å². The highest BCUT2D eigenvalue weighted by atomic mass is 16.6. The van der Waals surface area contributed by atoms with Crippen LogP contribution >= 0.6 is 0 Å². The summed E-state index contributed by atoms with van der Waals surface area (Å²) < 4.78 is 16.1. The van der Waals surface area contributed by atoms with Crippen LogP contribution in [-0.4, -0.2) is 37.4 Å². The third-order valence-corrected chi connectivity index (χ3v) is 3.51. The number of ether oxygens (including phenoxy) is 3. The normalized spacial score (nSPS) is 14.4. The summed E-state index contributed by atoms with van der Waals surface area (Å²) in [6, 6.07) is 5.46. The Kier molecular flexibility index (Phi) is 5.72. The van der Waals surface area contributed by atoms with Crippen LogP contribution in [0, 0.1) is 0 Å². The van der Waals surface area contributed by atoms with Gasteiger partial charge in [0.25, 0.3) is 0 Å². The molecule has 0 bridgehead atoms. The van der Waals surface area contributed by atoms with Crippen molar-refractivity contribution in [1.82, 2.24) is 0 Å². The van der Waals surface area contributed by atoms with Gasteiger partial charge < -0.3 is 14.2 Å². The maximum absolute atomic E-state index is 12.4. The van der Waals surface area contributed by atoms with Gasteiger partial charge in [-0.05, 0) is 57.9 Å². The van der Waals surface area contributed by atoms with Crippen molar-refractivity contribution in [1.29, 1.82) is 0 Å². The van der Waals surface area contributed by atoms with E-state index in [1.807, 2.05) is 39.8 Å². The lowest BCUT2D eigenvalue weighted by Gasteiger charge is -2.31. The molecular formula is C19H25NO5. The van der Waals surface area contributed by atoms with Crippen LogP contribution in [0.2, 0.25) is 0 Å². The molecule has 6 nitrogen and oxygen atoms in total. The van der Waals surface area contributed by atoms with Crippen LogP contribution in [0.15, 0.2) is 24.3 Å². The van der Waals surface area contributed by atoms with E-state index in [-0.39, 0.29) is 5.97 Å². The Morgan fingerprint density at radius 1 is 1.32 bits per heavy atom. The van der Waals surface area contributed by atoms with Crippen LogP contribution in [0.1, 0.15) is 40.2 Å². The second-order valence-electron chi connectivity index (χ2n) is 6.74. The summed E-state index contributed by atoms with van der Waals surface area (Å²) in [4.78, 5) is 25.5. The van der Waals surface area contributed by atoms with Gasteiger partial charge in [-0.15, -0.1) is 0 Å². The van der Waals surface area contributed by atoms with Gasteiger partial charge in [-0.3, -0.25) is 4.90 Å². The van der Waals surface area contributed by atoms with E-state index >= 15 is 0 Å². The Morgan fingerprint density at radius 2 is 2.04 bits per heavy atom. The van der Waals surface area contributed by atoms with Gasteiger partial charge in [-0.2, -0.15) is 0 Å². The van der Waals surface area contributed by atoms with Crippen molar-refractivity contribution in [3.63, 3.8) is 0 Å². The lowest BCUT2D eigenvalue weighted by molar-refractivity contribution is -0.137. The Morgan fingerprint density at radius 3 is 2.68 bits per heavy atom. The molecule has 0 spiro atoms. The van der Waals surface area contributed by atoms with E-state index in [0.29, 0.717) is 31.2 Å². The summed E-state index contributed by atoms with van der Waals surface area (Å²) in [5, 5.41) is 0. The molecule has 0 radical (unpaired) electrons. The van der Waals surface area contributed by atoms with Crippen LogP contribution in [0.5, 0.6) is 5.75 Å². The average molecular weight is 347 g/mol. The second-order valence-corrected chi connectivity index (χ2v) is 6.74. The SMILES string of the molecule is CCOC(=O)/C=C(/C)c1ccc2c(c1)OCCN2C(=O)OC(C)(C)C. The minimum absolute atomic E-state index is 0.334. The van der Waals surface area contributed by atoms with Crippen molar-refractivity contribution in [2.75, 3.05) is 24.7 Å². The molecule has 0 aromatic heterocycles. The van der Waals surface area contributed by atoms with Crippen LogP contribution in [0.4, 0.5) is 10.5 Å². The van der Waals surface area contributed by atoms with Gasteiger partial charge in [0.1, 0.15) is 18.0 Å². The zero-order chi connectivity index (χ0) is 18.6. The molecule has 1 aliphatic rings. The molecule has 0 atom stereocenters. The third kappa shape index (κ3) is 4.98. The van der Waals surface area contributed by atoms with Crippen molar-refractivity contribution >= 4 is 23.3 Å². The fourth-order valence-corrected chi connectivity index (χ4v) is 2.42. The maximum atomic E-state index is 12.4. The molecule has 1 aromatic carbocycles. The number of fused-ring (bicyclic) bond motifs is 1. The molecule has 1 heterocycles. The standard InChI is InChI=1S/C19H25NO5/c1-6-23-17(21)11-13(2)14-7-8-15-16(12-14)24-10-9-20(15)18(22)25-19(3,4)5/h7-8,11-12H,6,9-10H2,1-5H3/b13-11-. The van der Waals surface area contributed by atoms with Crippen molar-refractivity contribution in [3.05, 3.63) is 29.8 Å². The summed E-state index contributed by atoms with van der Waals surface area (Å²) in [7, 11) is 0. The second kappa shape index (κ2) is 7.59. The minimum Gasteiger partial charge on any atom is -0.490 e. The number of amides is 1. The molecule has 136 valence electrons.